The first-order valence-corrected chi connectivity index (χ1v) is 7.61. The van der Waals surface area contributed by atoms with E-state index in [4.69, 9.17) is 0 Å². The molecule has 0 aromatic heterocycles. The number of carbonyl (C=O) groups is 4. The third-order valence-electron chi connectivity index (χ3n) is 4.76. The molecule has 2 fully saturated rings. The molecule has 6 nitrogen and oxygen atoms in total. The van der Waals surface area contributed by atoms with Gasteiger partial charge in [0.25, 0.3) is 11.8 Å². The van der Waals surface area contributed by atoms with Crippen LogP contribution in [0.3, 0.4) is 0 Å². The van der Waals surface area contributed by atoms with E-state index in [9.17, 15) is 19.2 Å². The minimum Gasteiger partial charge on any atom is -0.285 e. The highest BCUT2D eigenvalue weighted by atomic mass is 16.2. The van der Waals surface area contributed by atoms with E-state index in [1.807, 2.05) is 19.1 Å². The fourth-order valence-electron chi connectivity index (χ4n) is 3.39. The molecular formula is C18H14N2O4. The van der Waals surface area contributed by atoms with Crippen LogP contribution in [0.2, 0.25) is 0 Å². The summed E-state index contributed by atoms with van der Waals surface area (Å²) in [5.41, 5.74) is 1.91. The highest BCUT2D eigenvalue weighted by Gasteiger charge is 2.50. The molecule has 24 heavy (non-hydrogen) atoms. The maximum absolute atomic E-state index is 12.7. The van der Waals surface area contributed by atoms with Gasteiger partial charge in [0.15, 0.2) is 0 Å². The summed E-state index contributed by atoms with van der Waals surface area (Å²) in [4.78, 5) is 51.8. The number of aryl methyl sites for hydroxylation is 1. The van der Waals surface area contributed by atoms with Gasteiger partial charge in [0.2, 0.25) is 11.8 Å². The third-order valence-corrected chi connectivity index (χ3v) is 4.76. The van der Waals surface area contributed by atoms with Crippen molar-refractivity contribution in [2.24, 2.45) is 11.8 Å². The Labute approximate surface area is 138 Å². The lowest BCUT2D eigenvalue weighted by atomic mass is 9.84. The number of nitrogens with zero attached hydrogens (tertiary/aromatic N) is 2. The molecule has 3 aliphatic rings. The summed E-state index contributed by atoms with van der Waals surface area (Å²) in [6, 6.07) is 7.04. The monoisotopic (exact) mass is 322 g/mol. The Kier molecular flexibility index (Phi) is 2.87. The van der Waals surface area contributed by atoms with Gasteiger partial charge in [-0.1, -0.05) is 29.8 Å². The van der Waals surface area contributed by atoms with Crippen LogP contribution in [-0.2, 0) is 19.2 Å². The molecule has 1 aromatic rings. The Balaban J connectivity index is 1.79. The van der Waals surface area contributed by atoms with Crippen molar-refractivity contribution in [3.8, 4) is 0 Å². The van der Waals surface area contributed by atoms with Crippen molar-refractivity contribution < 1.29 is 19.2 Å². The zero-order chi connectivity index (χ0) is 17.2. The predicted octanol–water partition coefficient (Wildman–Crippen LogP) is 0.966. The van der Waals surface area contributed by atoms with Crippen molar-refractivity contribution >= 4 is 29.3 Å². The SMILES string of the molecule is Cc1ccc(N2C(=O)C3=CC4C(=O)N(C)C(=O)C4C=C3C2=O)cc1. The lowest BCUT2D eigenvalue weighted by Crippen LogP contribution is -2.29. The average molecular weight is 322 g/mol. The van der Waals surface area contributed by atoms with Crippen LogP contribution in [-0.4, -0.2) is 35.6 Å². The average Bonchev–Trinajstić information content (AvgIpc) is 2.94. The number of imide groups is 2. The predicted molar refractivity (Wildman–Crippen MR) is 84.6 cm³/mol. The van der Waals surface area contributed by atoms with E-state index in [0.717, 1.165) is 15.4 Å². The minimum atomic E-state index is -0.698. The van der Waals surface area contributed by atoms with E-state index in [1.54, 1.807) is 12.1 Å². The normalized spacial score (nSPS) is 25.8. The Morgan fingerprint density at radius 1 is 0.792 bits per heavy atom. The second kappa shape index (κ2) is 4.74. The first-order chi connectivity index (χ1) is 11.4. The van der Waals surface area contributed by atoms with Gasteiger partial charge in [-0.05, 0) is 19.1 Å². The van der Waals surface area contributed by atoms with Crippen LogP contribution in [0.5, 0.6) is 0 Å². The number of benzene rings is 1. The van der Waals surface area contributed by atoms with Crippen LogP contribution in [0.15, 0.2) is 47.6 Å². The zero-order valence-electron chi connectivity index (χ0n) is 13.1. The van der Waals surface area contributed by atoms with Crippen LogP contribution < -0.4 is 4.90 Å². The number of fused-ring (bicyclic) bond motifs is 2. The summed E-state index contributed by atoms with van der Waals surface area (Å²) >= 11 is 0. The highest BCUT2D eigenvalue weighted by Crippen LogP contribution is 2.40. The molecule has 1 aliphatic carbocycles. The van der Waals surface area contributed by atoms with Crippen LogP contribution >= 0.6 is 0 Å². The number of carbonyl (C=O) groups excluding carboxylic acids is 4. The smallest absolute Gasteiger partial charge is 0.265 e. The number of amides is 4. The number of hydrogen-bond acceptors (Lipinski definition) is 4. The van der Waals surface area contributed by atoms with Gasteiger partial charge in [0.05, 0.1) is 17.5 Å². The maximum Gasteiger partial charge on any atom is 0.265 e. The molecule has 2 aliphatic heterocycles. The highest BCUT2D eigenvalue weighted by molar-refractivity contribution is 6.37. The van der Waals surface area contributed by atoms with E-state index in [-0.39, 0.29) is 23.0 Å². The second-order valence-corrected chi connectivity index (χ2v) is 6.23. The molecule has 2 unspecified atom stereocenters. The van der Waals surface area contributed by atoms with Crippen LogP contribution in [0.1, 0.15) is 5.56 Å². The summed E-state index contributed by atoms with van der Waals surface area (Å²) in [6.45, 7) is 1.91. The van der Waals surface area contributed by atoms with Crippen molar-refractivity contribution in [2.75, 3.05) is 11.9 Å². The van der Waals surface area contributed by atoms with Gasteiger partial charge in [-0.2, -0.15) is 0 Å². The first kappa shape index (κ1) is 14.6. The molecule has 120 valence electrons. The van der Waals surface area contributed by atoms with Crippen molar-refractivity contribution in [2.45, 2.75) is 6.92 Å². The van der Waals surface area contributed by atoms with Crippen LogP contribution in [0.25, 0.3) is 0 Å². The van der Waals surface area contributed by atoms with Gasteiger partial charge in [-0.15, -0.1) is 0 Å². The lowest BCUT2D eigenvalue weighted by molar-refractivity contribution is -0.137. The van der Waals surface area contributed by atoms with Crippen molar-refractivity contribution in [3.63, 3.8) is 0 Å². The molecule has 0 N–H and O–H groups in total. The molecule has 1 aromatic carbocycles. The largest absolute Gasteiger partial charge is 0.285 e. The summed E-state index contributed by atoms with van der Waals surface area (Å²) in [7, 11) is 1.41. The third kappa shape index (κ3) is 1.76. The molecule has 0 bridgehead atoms. The van der Waals surface area contributed by atoms with Gasteiger partial charge < -0.3 is 0 Å². The van der Waals surface area contributed by atoms with E-state index in [0.29, 0.717) is 5.69 Å². The van der Waals surface area contributed by atoms with Crippen molar-refractivity contribution in [3.05, 3.63) is 53.1 Å². The molecule has 0 saturated carbocycles. The number of likely N-dealkylation sites (tertiary alicyclic amines) is 1. The van der Waals surface area contributed by atoms with E-state index in [1.165, 1.54) is 19.2 Å². The van der Waals surface area contributed by atoms with E-state index < -0.39 is 23.7 Å². The fraction of sp³-hybridized carbons (Fsp3) is 0.222. The summed E-state index contributed by atoms with van der Waals surface area (Å²) < 4.78 is 0. The molecule has 4 amide bonds. The van der Waals surface area contributed by atoms with Gasteiger partial charge in [-0.25, -0.2) is 4.90 Å². The Morgan fingerprint density at radius 2 is 1.25 bits per heavy atom. The van der Waals surface area contributed by atoms with Gasteiger partial charge >= 0.3 is 0 Å². The van der Waals surface area contributed by atoms with Crippen LogP contribution in [0.4, 0.5) is 5.69 Å². The van der Waals surface area contributed by atoms with Gasteiger partial charge in [0, 0.05) is 18.2 Å². The van der Waals surface area contributed by atoms with Gasteiger partial charge in [-0.3, -0.25) is 24.1 Å². The zero-order valence-corrected chi connectivity index (χ0v) is 13.1. The van der Waals surface area contributed by atoms with Crippen molar-refractivity contribution in [1.29, 1.82) is 0 Å². The molecule has 4 rings (SSSR count). The van der Waals surface area contributed by atoms with Crippen LogP contribution in [0, 0.1) is 18.8 Å². The van der Waals surface area contributed by atoms with E-state index >= 15 is 0 Å². The second-order valence-electron chi connectivity index (χ2n) is 6.23. The van der Waals surface area contributed by atoms with Crippen molar-refractivity contribution in [1.82, 2.24) is 4.90 Å². The molecule has 2 saturated heterocycles. The lowest BCUT2D eigenvalue weighted by Gasteiger charge is -2.13. The Bertz CT molecular complexity index is 829. The van der Waals surface area contributed by atoms with E-state index in [2.05, 4.69) is 0 Å². The summed E-state index contributed by atoms with van der Waals surface area (Å²) in [6.07, 6.45) is 2.94. The molecule has 0 radical (unpaired) electrons. The standard InChI is InChI=1S/C18H14N2O4/c1-9-3-5-10(6-4-9)20-17(23)13-7-11-12(8-14(13)18(20)24)16(22)19(2)15(11)21/h3-8,11-12H,1-2H3. The minimum absolute atomic E-state index is 0.207. The Hall–Kier alpha value is -3.02. The molecule has 2 heterocycles. The number of rotatable bonds is 1. The maximum atomic E-state index is 12.7. The summed E-state index contributed by atoms with van der Waals surface area (Å²) in [5, 5.41) is 0. The number of hydrogen-bond donors (Lipinski definition) is 0. The number of anilines is 1. The topological polar surface area (TPSA) is 74.8 Å². The molecule has 6 heteroatoms. The molecular weight excluding hydrogens is 308 g/mol. The Morgan fingerprint density at radius 3 is 1.71 bits per heavy atom. The molecule has 2 atom stereocenters. The summed E-state index contributed by atoms with van der Waals surface area (Å²) in [5.74, 6) is -3.00. The first-order valence-electron chi connectivity index (χ1n) is 7.61. The fourth-order valence-corrected chi connectivity index (χ4v) is 3.39. The molecule has 0 spiro atoms. The van der Waals surface area contributed by atoms with Gasteiger partial charge in [0.1, 0.15) is 0 Å². The quantitative estimate of drug-likeness (QED) is 0.722.